The molecule has 0 radical (unpaired) electrons. The Morgan fingerprint density at radius 3 is 1.55 bits per heavy atom. The topological polar surface area (TPSA) is 38.3 Å². The number of hydrogen-bond donors (Lipinski definition) is 1. The zero-order chi connectivity index (χ0) is 23.6. The van der Waals surface area contributed by atoms with E-state index < -0.39 is 12.9 Å². The summed E-state index contributed by atoms with van der Waals surface area (Å²) in [5.41, 5.74) is -0.454. The Hall–Kier alpha value is -2.64. The predicted octanol–water partition coefficient (Wildman–Crippen LogP) is 5.80. The van der Waals surface area contributed by atoms with Gasteiger partial charge in [-0.15, -0.1) is 0 Å². The predicted molar refractivity (Wildman–Crippen MR) is 144 cm³/mol. The average Bonchev–Trinajstić information content (AvgIpc) is 2.82. The third kappa shape index (κ3) is 7.17. The van der Waals surface area contributed by atoms with Gasteiger partial charge >= 0.3 is 200 Å². The molecule has 0 aliphatic heterocycles. The van der Waals surface area contributed by atoms with Gasteiger partial charge in [0.15, 0.2) is 0 Å². The van der Waals surface area contributed by atoms with E-state index in [-0.39, 0.29) is 6.09 Å². The van der Waals surface area contributed by atoms with Gasteiger partial charge in [-0.05, 0) is 0 Å². The standard InChI is InChI=1S/C29H38NO2P/c1-29(2,3)32-28(31)30-23-15-4-5-16-24-33(25-17-9-6-10-18-25,26-19-11-7-12-20-26)27-21-13-8-14-22-27/h6-14,17-22,33H,4-5,15-16,23-24H2,1-3H3,(H,30,31). The normalized spacial score (nSPS) is 12.2. The SMILES string of the molecule is CC(C)(C)OC(=O)NCCCCCC[PH](c1ccccc1)(c1ccccc1)c1ccccc1. The van der Waals surface area contributed by atoms with Gasteiger partial charge in [0.2, 0.25) is 0 Å². The second-order valence-electron chi connectivity index (χ2n) is 9.60. The van der Waals surface area contributed by atoms with Crippen molar-refractivity contribution in [3.8, 4) is 0 Å². The van der Waals surface area contributed by atoms with E-state index >= 15 is 0 Å². The van der Waals surface area contributed by atoms with E-state index in [9.17, 15) is 4.79 Å². The first-order chi connectivity index (χ1) is 15.9. The molecule has 0 heterocycles. The summed E-state index contributed by atoms with van der Waals surface area (Å²) < 4.78 is 5.31. The van der Waals surface area contributed by atoms with Crippen molar-refractivity contribution in [2.75, 3.05) is 12.7 Å². The summed E-state index contributed by atoms with van der Waals surface area (Å²) in [5, 5.41) is 7.27. The molecule has 0 saturated heterocycles. The van der Waals surface area contributed by atoms with Crippen LogP contribution in [0.15, 0.2) is 91.0 Å². The minimum absolute atomic E-state index is 0.328. The van der Waals surface area contributed by atoms with Gasteiger partial charge < -0.3 is 0 Å². The number of rotatable bonds is 10. The number of nitrogens with one attached hydrogen (secondary N) is 1. The fraction of sp³-hybridized carbons (Fsp3) is 0.345. The van der Waals surface area contributed by atoms with E-state index in [1.54, 1.807) is 0 Å². The van der Waals surface area contributed by atoms with Gasteiger partial charge in [-0.2, -0.15) is 0 Å². The van der Waals surface area contributed by atoms with Crippen LogP contribution < -0.4 is 21.2 Å². The summed E-state index contributed by atoms with van der Waals surface area (Å²) in [6, 6.07) is 33.3. The van der Waals surface area contributed by atoms with Crippen LogP contribution in [0.25, 0.3) is 0 Å². The van der Waals surface area contributed by atoms with E-state index in [1.807, 2.05) is 20.8 Å². The van der Waals surface area contributed by atoms with E-state index in [0.29, 0.717) is 6.54 Å². The van der Waals surface area contributed by atoms with E-state index in [0.717, 1.165) is 25.7 Å². The van der Waals surface area contributed by atoms with Gasteiger partial charge in [0.25, 0.3) is 0 Å². The third-order valence-electron chi connectivity index (χ3n) is 5.95. The molecule has 3 rings (SSSR count). The number of carbonyl (C=O) groups excluding carboxylic acids is 1. The molecule has 176 valence electrons. The van der Waals surface area contributed by atoms with Crippen molar-refractivity contribution < 1.29 is 9.53 Å². The number of ether oxygens (including phenoxy) is 1. The van der Waals surface area contributed by atoms with Crippen LogP contribution in [0.1, 0.15) is 46.5 Å². The van der Waals surface area contributed by atoms with Crippen molar-refractivity contribution in [1.29, 1.82) is 0 Å². The molecule has 0 spiro atoms. The number of benzene rings is 3. The van der Waals surface area contributed by atoms with Gasteiger partial charge in [-0.25, -0.2) is 0 Å². The molecule has 1 N–H and O–H groups in total. The zero-order valence-electron chi connectivity index (χ0n) is 20.2. The Morgan fingerprint density at radius 1 is 0.697 bits per heavy atom. The van der Waals surface area contributed by atoms with Crippen LogP contribution in [-0.2, 0) is 4.74 Å². The molecule has 4 heteroatoms. The van der Waals surface area contributed by atoms with Crippen molar-refractivity contribution in [1.82, 2.24) is 5.32 Å². The van der Waals surface area contributed by atoms with Crippen LogP contribution >= 0.6 is 7.26 Å². The van der Waals surface area contributed by atoms with Crippen LogP contribution in [0.2, 0.25) is 0 Å². The maximum atomic E-state index is 11.8. The van der Waals surface area contributed by atoms with E-state index in [1.165, 1.54) is 22.1 Å². The summed E-state index contributed by atoms with van der Waals surface area (Å²) in [6.45, 7) is 6.31. The molecule has 0 saturated carbocycles. The third-order valence-corrected chi connectivity index (χ3v) is 11.0. The number of amides is 1. The maximum absolute atomic E-state index is 11.8. The molecular weight excluding hydrogens is 425 g/mol. The quantitative estimate of drug-likeness (QED) is 0.305. The van der Waals surface area contributed by atoms with E-state index in [4.69, 9.17) is 4.74 Å². The Morgan fingerprint density at radius 2 is 1.12 bits per heavy atom. The first-order valence-electron chi connectivity index (χ1n) is 12.1. The van der Waals surface area contributed by atoms with Crippen molar-refractivity contribution in [3.63, 3.8) is 0 Å². The molecule has 0 bridgehead atoms. The summed E-state index contributed by atoms with van der Waals surface area (Å²) in [6.07, 6.45) is 5.22. The number of hydrogen-bond acceptors (Lipinski definition) is 2. The monoisotopic (exact) mass is 463 g/mol. The summed E-state index contributed by atoms with van der Waals surface area (Å²) in [4.78, 5) is 11.8. The van der Waals surface area contributed by atoms with Gasteiger partial charge in [-0.1, -0.05) is 0 Å². The van der Waals surface area contributed by atoms with Crippen molar-refractivity contribution in [3.05, 3.63) is 91.0 Å². The second kappa shape index (κ2) is 12.0. The van der Waals surface area contributed by atoms with Crippen LogP contribution in [-0.4, -0.2) is 24.4 Å². The van der Waals surface area contributed by atoms with Crippen molar-refractivity contribution in [2.24, 2.45) is 0 Å². The van der Waals surface area contributed by atoms with Crippen LogP contribution in [0.5, 0.6) is 0 Å². The number of alkyl carbamates (subject to hydrolysis) is 1. The molecule has 3 aromatic carbocycles. The molecule has 0 atom stereocenters. The summed E-state index contributed by atoms with van der Waals surface area (Å²) >= 11 is 0. The first kappa shape index (κ1) is 25.0. The Balaban J connectivity index is 1.68. The van der Waals surface area contributed by atoms with Crippen molar-refractivity contribution in [2.45, 2.75) is 52.1 Å². The molecule has 0 fully saturated rings. The molecule has 0 aromatic heterocycles. The summed E-state index contributed by atoms with van der Waals surface area (Å²) in [5.74, 6) is 0. The Bertz CT molecular complexity index is 872. The summed E-state index contributed by atoms with van der Waals surface area (Å²) in [7, 11) is -2.13. The minimum atomic E-state index is -2.13. The molecular formula is C29H38NO2P. The van der Waals surface area contributed by atoms with Gasteiger partial charge in [0.1, 0.15) is 0 Å². The molecule has 0 aliphatic rings. The molecule has 33 heavy (non-hydrogen) atoms. The second-order valence-corrected chi connectivity index (χ2v) is 13.6. The number of unbranched alkanes of at least 4 members (excludes halogenated alkanes) is 3. The first-order valence-corrected chi connectivity index (χ1v) is 14.3. The molecule has 1 amide bonds. The number of carbonyl (C=O) groups is 1. The van der Waals surface area contributed by atoms with E-state index in [2.05, 4.69) is 96.3 Å². The molecule has 3 aromatic rings. The Kier molecular flexibility index (Phi) is 9.09. The van der Waals surface area contributed by atoms with Gasteiger partial charge in [-0.3, -0.25) is 0 Å². The fourth-order valence-electron chi connectivity index (χ4n) is 4.47. The Labute approximate surface area is 199 Å². The van der Waals surface area contributed by atoms with Gasteiger partial charge in [0, 0.05) is 0 Å². The van der Waals surface area contributed by atoms with Gasteiger partial charge in [0.05, 0.1) is 0 Å². The van der Waals surface area contributed by atoms with Crippen LogP contribution in [0.3, 0.4) is 0 Å². The van der Waals surface area contributed by atoms with Crippen LogP contribution in [0.4, 0.5) is 4.79 Å². The van der Waals surface area contributed by atoms with Crippen LogP contribution in [0, 0.1) is 0 Å². The zero-order valence-corrected chi connectivity index (χ0v) is 21.2. The molecule has 0 unspecified atom stereocenters. The fourth-order valence-corrected chi connectivity index (χ4v) is 9.41. The average molecular weight is 464 g/mol. The molecule has 3 nitrogen and oxygen atoms in total. The molecule has 0 aliphatic carbocycles. The van der Waals surface area contributed by atoms with Crippen molar-refractivity contribution >= 4 is 29.3 Å².